The summed E-state index contributed by atoms with van der Waals surface area (Å²) in [6.45, 7) is 4.11. The van der Waals surface area contributed by atoms with Crippen LogP contribution in [-0.4, -0.2) is 14.7 Å². The van der Waals surface area contributed by atoms with E-state index in [1.54, 1.807) is 6.20 Å². The Morgan fingerprint density at radius 2 is 1.89 bits per heavy atom. The van der Waals surface area contributed by atoms with Crippen LogP contribution < -0.4 is 0 Å². The van der Waals surface area contributed by atoms with Gasteiger partial charge in [0.1, 0.15) is 6.10 Å². The minimum Gasteiger partial charge on any atom is -0.382 e. The number of aryl methyl sites for hydroxylation is 2. The molecular formula is C15H18N2O. The first-order valence-electron chi connectivity index (χ1n) is 6.43. The summed E-state index contributed by atoms with van der Waals surface area (Å²) < 4.78 is 2.11. The first-order chi connectivity index (χ1) is 8.65. The third kappa shape index (κ3) is 2.06. The maximum absolute atomic E-state index is 10.5. The average Bonchev–Trinajstić information content (AvgIpc) is 3.05. The number of aromatic nitrogens is 2. The molecular weight excluding hydrogens is 224 g/mol. The highest BCUT2D eigenvalue weighted by Gasteiger charge is 2.27. The summed E-state index contributed by atoms with van der Waals surface area (Å²) in [7, 11) is 0. The van der Waals surface area contributed by atoms with Crippen molar-refractivity contribution < 1.29 is 5.11 Å². The highest BCUT2D eigenvalue weighted by molar-refractivity contribution is 5.33. The lowest BCUT2D eigenvalue weighted by molar-refractivity contribution is 0.209. The van der Waals surface area contributed by atoms with Gasteiger partial charge in [-0.15, -0.1) is 0 Å². The van der Waals surface area contributed by atoms with E-state index < -0.39 is 6.10 Å². The normalized spacial score (nSPS) is 16.8. The molecule has 0 saturated heterocycles. The van der Waals surface area contributed by atoms with Crippen molar-refractivity contribution in [2.24, 2.45) is 0 Å². The number of benzene rings is 1. The number of imidazole rings is 1. The standard InChI is InChI=1S/C15H18N2O/c1-10-5-11(2)7-12(6-10)15(18)14-8-16-9-17(14)13-3-4-13/h5-9,13,15,18H,3-4H2,1-2H3. The molecule has 0 spiro atoms. The molecule has 3 rings (SSSR count). The topological polar surface area (TPSA) is 38.1 Å². The van der Waals surface area contributed by atoms with E-state index in [9.17, 15) is 5.11 Å². The number of hydrogen-bond donors (Lipinski definition) is 1. The van der Waals surface area contributed by atoms with Gasteiger partial charge in [-0.1, -0.05) is 29.3 Å². The third-order valence-corrected chi connectivity index (χ3v) is 3.48. The van der Waals surface area contributed by atoms with Crippen molar-refractivity contribution >= 4 is 0 Å². The Morgan fingerprint density at radius 3 is 2.50 bits per heavy atom. The quantitative estimate of drug-likeness (QED) is 0.898. The fourth-order valence-electron chi connectivity index (χ4n) is 2.52. The first-order valence-corrected chi connectivity index (χ1v) is 6.43. The summed E-state index contributed by atoms with van der Waals surface area (Å²) in [5.74, 6) is 0. The van der Waals surface area contributed by atoms with Crippen molar-refractivity contribution in [1.82, 2.24) is 9.55 Å². The van der Waals surface area contributed by atoms with Crippen LogP contribution in [0.5, 0.6) is 0 Å². The van der Waals surface area contributed by atoms with Crippen LogP contribution in [0.2, 0.25) is 0 Å². The summed E-state index contributed by atoms with van der Waals surface area (Å²) in [6, 6.07) is 6.75. The van der Waals surface area contributed by atoms with Gasteiger partial charge in [0.15, 0.2) is 0 Å². The van der Waals surface area contributed by atoms with Gasteiger partial charge in [0.25, 0.3) is 0 Å². The van der Waals surface area contributed by atoms with Crippen LogP contribution in [0.3, 0.4) is 0 Å². The third-order valence-electron chi connectivity index (χ3n) is 3.48. The lowest BCUT2D eigenvalue weighted by atomic mass is 10.0. The van der Waals surface area contributed by atoms with E-state index in [-0.39, 0.29) is 0 Å². The van der Waals surface area contributed by atoms with E-state index in [2.05, 4.69) is 29.5 Å². The zero-order valence-electron chi connectivity index (χ0n) is 10.8. The molecule has 1 fully saturated rings. The monoisotopic (exact) mass is 242 g/mol. The van der Waals surface area contributed by atoms with Gasteiger partial charge in [-0.25, -0.2) is 4.98 Å². The van der Waals surface area contributed by atoms with Crippen molar-refractivity contribution in [2.45, 2.75) is 38.8 Å². The smallest absolute Gasteiger partial charge is 0.121 e. The van der Waals surface area contributed by atoms with Gasteiger partial charge in [0, 0.05) is 6.04 Å². The highest BCUT2D eigenvalue weighted by Crippen LogP contribution is 2.37. The molecule has 1 saturated carbocycles. The predicted molar refractivity (Wildman–Crippen MR) is 70.5 cm³/mol. The molecule has 1 aliphatic rings. The molecule has 3 heteroatoms. The molecule has 1 unspecified atom stereocenters. The Balaban J connectivity index is 1.97. The van der Waals surface area contributed by atoms with Crippen molar-refractivity contribution in [3.05, 3.63) is 53.1 Å². The van der Waals surface area contributed by atoms with Gasteiger partial charge in [-0.05, 0) is 32.3 Å². The number of rotatable bonds is 3. The van der Waals surface area contributed by atoms with E-state index in [1.807, 2.05) is 18.5 Å². The van der Waals surface area contributed by atoms with Gasteiger partial charge < -0.3 is 9.67 Å². The van der Waals surface area contributed by atoms with Crippen molar-refractivity contribution in [3.8, 4) is 0 Å². The first kappa shape index (κ1) is 11.5. The van der Waals surface area contributed by atoms with E-state index >= 15 is 0 Å². The molecule has 94 valence electrons. The summed E-state index contributed by atoms with van der Waals surface area (Å²) in [5.41, 5.74) is 4.22. The molecule has 2 aromatic rings. The van der Waals surface area contributed by atoms with E-state index in [1.165, 1.54) is 24.0 Å². The molecule has 1 aromatic heterocycles. The molecule has 0 aliphatic heterocycles. The Kier molecular flexibility index (Phi) is 2.71. The molecule has 0 bridgehead atoms. The number of nitrogens with zero attached hydrogens (tertiary/aromatic N) is 2. The molecule has 0 amide bonds. The van der Waals surface area contributed by atoms with Crippen LogP contribution in [0.25, 0.3) is 0 Å². The Hall–Kier alpha value is -1.61. The fraction of sp³-hybridized carbons (Fsp3) is 0.400. The van der Waals surface area contributed by atoms with Crippen LogP contribution in [0, 0.1) is 13.8 Å². The second kappa shape index (κ2) is 4.25. The summed E-state index contributed by atoms with van der Waals surface area (Å²) in [5, 5.41) is 10.5. The second-order valence-corrected chi connectivity index (χ2v) is 5.28. The molecule has 18 heavy (non-hydrogen) atoms. The van der Waals surface area contributed by atoms with E-state index in [0.717, 1.165) is 11.3 Å². The zero-order chi connectivity index (χ0) is 12.7. The van der Waals surface area contributed by atoms with Crippen LogP contribution >= 0.6 is 0 Å². The van der Waals surface area contributed by atoms with Gasteiger partial charge in [0.05, 0.1) is 18.2 Å². The second-order valence-electron chi connectivity index (χ2n) is 5.28. The van der Waals surface area contributed by atoms with Crippen molar-refractivity contribution in [1.29, 1.82) is 0 Å². The van der Waals surface area contributed by atoms with Crippen molar-refractivity contribution in [3.63, 3.8) is 0 Å². The molecule has 0 radical (unpaired) electrons. The average molecular weight is 242 g/mol. The number of hydrogen-bond acceptors (Lipinski definition) is 2. The minimum absolute atomic E-state index is 0.544. The highest BCUT2D eigenvalue weighted by atomic mass is 16.3. The van der Waals surface area contributed by atoms with Gasteiger partial charge >= 0.3 is 0 Å². The van der Waals surface area contributed by atoms with E-state index in [0.29, 0.717) is 6.04 Å². The van der Waals surface area contributed by atoms with Crippen LogP contribution in [-0.2, 0) is 0 Å². The summed E-state index contributed by atoms with van der Waals surface area (Å²) >= 11 is 0. The Morgan fingerprint density at radius 1 is 1.22 bits per heavy atom. The lowest BCUT2D eigenvalue weighted by Crippen LogP contribution is -2.07. The Bertz CT molecular complexity index is 549. The van der Waals surface area contributed by atoms with Crippen LogP contribution in [0.4, 0.5) is 0 Å². The minimum atomic E-state index is -0.577. The largest absolute Gasteiger partial charge is 0.382 e. The molecule has 1 atom stereocenters. The predicted octanol–water partition coefficient (Wildman–Crippen LogP) is 2.92. The van der Waals surface area contributed by atoms with Gasteiger partial charge in [-0.2, -0.15) is 0 Å². The fourth-order valence-corrected chi connectivity index (χ4v) is 2.52. The van der Waals surface area contributed by atoms with Gasteiger partial charge in [0.2, 0.25) is 0 Å². The van der Waals surface area contributed by atoms with Crippen molar-refractivity contribution in [2.75, 3.05) is 0 Å². The summed E-state index contributed by atoms with van der Waals surface area (Å²) in [4.78, 5) is 4.18. The number of aliphatic hydroxyl groups is 1. The summed E-state index contributed by atoms with van der Waals surface area (Å²) in [6.07, 6.45) is 5.43. The van der Waals surface area contributed by atoms with Gasteiger partial charge in [-0.3, -0.25) is 0 Å². The molecule has 1 aliphatic carbocycles. The van der Waals surface area contributed by atoms with E-state index in [4.69, 9.17) is 0 Å². The molecule has 1 N–H and O–H groups in total. The maximum atomic E-state index is 10.5. The molecule has 1 aromatic carbocycles. The van der Waals surface area contributed by atoms with Crippen LogP contribution in [0.1, 0.15) is 47.4 Å². The Labute approximate surface area is 107 Å². The molecule has 3 nitrogen and oxygen atoms in total. The zero-order valence-corrected chi connectivity index (χ0v) is 10.8. The lowest BCUT2D eigenvalue weighted by Gasteiger charge is -2.15. The number of aliphatic hydroxyl groups excluding tert-OH is 1. The maximum Gasteiger partial charge on any atom is 0.121 e. The SMILES string of the molecule is Cc1cc(C)cc(C(O)c2cncn2C2CC2)c1. The molecule has 1 heterocycles. The van der Waals surface area contributed by atoms with Crippen LogP contribution in [0.15, 0.2) is 30.7 Å².